The molecule has 3 aliphatic rings. The van der Waals surface area contributed by atoms with E-state index in [1.165, 1.54) is 25.7 Å². The highest BCUT2D eigenvalue weighted by Crippen LogP contribution is 2.35. The maximum Gasteiger partial charge on any atom is 0.254 e. The number of carbonyl (C=O) groups excluding carboxylic acids is 2. The van der Waals surface area contributed by atoms with Crippen LogP contribution in [0.5, 0.6) is 0 Å². The van der Waals surface area contributed by atoms with Gasteiger partial charge in [0.25, 0.3) is 5.91 Å². The van der Waals surface area contributed by atoms with Crippen molar-refractivity contribution in [2.75, 3.05) is 13.1 Å². The maximum absolute atomic E-state index is 12.9. The Kier molecular flexibility index (Phi) is 3.09. The summed E-state index contributed by atoms with van der Waals surface area (Å²) in [6, 6.07) is 5.64. The van der Waals surface area contributed by atoms with Gasteiger partial charge < -0.3 is 4.90 Å². The fourth-order valence-electron chi connectivity index (χ4n) is 4.46. The second-order valence-electron chi connectivity index (χ2n) is 6.86. The van der Waals surface area contributed by atoms with Gasteiger partial charge in [-0.3, -0.25) is 9.59 Å². The summed E-state index contributed by atoms with van der Waals surface area (Å²) >= 11 is 0. The summed E-state index contributed by atoms with van der Waals surface area (Å²) in [5.74, 6) is 1.73. The number of amides is 1. The van der Waals surface area contributed by atoms with Crippen molar-refractivity contribution in [3.63, 3.8) is 0 Å². The summed E-state index contributed by atoms with van der Waals surface area (Å²) in [4.78, 5) is 26.8. The average molecular weight is 283 g/mol. The number of fused-ring (bicyclic) bond motifs is 3. The summed E-state index contributed by atoms with van der Waals surface area (Å²) in [6.07, 6.45) is 6.46. The molecule has 0 radical (unpaired) electrons. The molecule has 21 heavy (non-hydrogen) atoms. The minimum atomic E-state index is 0.151. The lowest BCUT2D eigenvalue weighted by atomic mass is 9.78. The molecule has 2 atom stereocenters. The number of nitrogens with zero attached hydrogens (tertiary/aromatic N) is 1. The maximum atomic E-state index is 12.9. The molecule has 1 aromatic carbocycles. The number of hydrogen-bond acceptors (Lipinski definition) is 2. The highest BCUT2D eigenvalue weighted by Gasteiger charge is 2.34. The second kappa shape index (κ2) is 4.97. The largest absolute Gasteiger partial charge is 0.338 e. The summed E-state index contributed by atoms with van der Waals surface area (Å²) in [7, 11) is 0. The molecule has 1 amide bonds. The Bertz CT molecular complexity index is 595. The van der Waals surface area contributed by atoms with Crippen LogP contribution in [-0.2, 0) is 6.42 Å². The predicted octanol–water partition coefficient (Wildman–Crippen LogP) is 3.08. The number of hydrogen-bond donors (Lipinski definition) is 0. The smallest absolute Gasteiger partial charge is 0.254 e. The first-order valence-electron chi connectivity index (χ1n) is 8.16. The van der Waals surface area contributed by atoms with Crippen molar-refractivity contribution in [2.45, 2.75) is 38.5 Å². The van der Waals surface area contributed by atoms with Crippen molar-refractivity contribution in [2.24, 2.45) is 11.8 Å². The number of rotatable bonds is 1. The molecule has 0 N–H and O–H groups in total. The Hall–Kier alpha value is -1.64. The van der Waals surface area contributed by atoms with Crippen LogP contribution in [0.25, 0.3) is 0 Å². The molecule has 110 valence electrons. The highest BCUT2D eigenvalue weighted by molar-refractivity contribution is 6.05. The topological polar surface area (TPSA) is 37.4 Å². The van der Waals surface area contributed by atoms with Crippen LogP contribution in [0.2, 0.25) is 0 Å². The summed E-state index contributed by atoms with van der Waals surface area (Å²) in [5.41, 5.74) is 2.54. The number of benzene rings is 1. The van der Waals surface area contributed by atoms with Gasteiger partial charge in [-0.25, -0.2) is 0 Å². The van der Waals surface area contributed by atoms with Gasteiger partial charge in [0, 0.05) is 30.6 Å². The Balaban J connectivity index is 1.62. The van der Waals surface area contributed by atoms with Crippen molar-refractivity contribution in [1.29, 1.82) is 0 Å². The van der Waals surface area contributed by atoms with E-state index in [1.807, 2.05) is 18.2 Å². The van der Waals surface area contributed by atoms with Crippen LogP contribution in [0.15, 0.2) is 18.2 Å². The first-order chi connectivity index (χ1) is 10.2. The van der Waals surface area contributed by atoms with E-state index < -0.39 is 0 Å². The number of piperidine rings is 1. The SMILES string of the molecule is O=C1CCc2c1cccc2C(=O)N1C[C@H]2CCC[C@@H](C2)C1. The fourth-order valence-corrected chi connectivity index (χ4v) is 4.46. The van der Waals surface area contributed by atoms with E-state index in [9.17, 15) is 9.59 Å². The van der Waals surface area contributed by atoms with Gasteiger partial charge in [0.15, 0.2) is 5.78 Å². The van der Waals surface area contributed by atoms with Gasteiger partial charge in [-0.1, -0.05) is 18.6 Å². The van der Waals surface area contributed by atoms with E-state index in [2.05, 4.69) is 4.90 Å². The van der Waals surface area contributed by atoms with Crippen molar-refractivity contribution in [1.82, 2.24) is 4.90 Å². The molecule has 3 heteroatoms. The van der Waals surface area contributed by atoms with E-state index in [-0.39, 0.29) is 11.7 Å². The molecule has 2 bridgehead atoms. The molecule has 0 spiro atoms. The van der Waals surface area contributed by atoms with E-state index in [1.54, 1.807) is 0 Å². The van der Waals surface area contributed by atoms with Crippen LogP contribution in [-0.4, -0.2) is 29.7 Å². The molecule has 1 saturated heterocycles. The van der Waals surface area contributed by atoms with Gasteiger partial charge in [-0.2, -0.15) is 0 Å². The van der Waals surface area contributed by atoms with Gasteiger partial charge in [-0.15, -0.1) is 0 Å². The molecule has 3 nitrogen and oxygen atoms in total. The third-order valence-corrected chi connectivity index (χ3v) is 5.44. The summed E-state index contributed by atoms with van der Waals surface area (Å²) in [5, 5.41) is 0. The van der Waals surface area contributed by atoms with Crippen LogP contribution < -0.4 is 0 Å². The molecule has 0 aromatic heterocycles. The number of Topliss-reactive ketones (excluding diaryl/α,β-unsaturated/α-hetero) is 1. The third kappa shape index (κ3) is 2.19. The van der Waals surface area contributed by atoms with Crippen LogP contribution in [0, 0.1) is 11.8 Å². The Morgan fingerprint density at radius 1 is 1.10 bits per heavy atom. The van der Waals surface area contributed by atoms with Crippen molar-refractivity contribution >= 4 is 11.7 Å². The minimum absolute atomic E-state index is 0.151. The predicted molar refractivity (Wildman–Crippen MR) is 80.4 cm³/mol. The lowest BCUT2D eigenvalue weighted by Crippen LogP contribution is -2.45. The molecular formula is C18H21NO2. The van der Waals surface area contributed by atoms with E-state index in [4.69, 9.17) is 0 Å². The van der Waals surface area contributed by atoms with Crippen molar-refractivity contribution in [3.8, 4) is 0 Å². The number of ketones is 1. The van der Waals surface area contributed by atoms with Crippen molar-refractivity contribution in [3.05, 3.63) is 34.9 Å². The molecule has 2 fully saturated rings. The Morgan fingerprint density at radius 2 is 1.86 bits per heavy atom. The monoisotopic (exact) mass is 283 g/mol. The first-order valence-corrected chi connectivity index (χ1v) is 8.16. The second-order valence-corrected chi connectivity index (χ2v) is 6.86. The molecule has 1 aromatic rings. The summed E-state index contributed by atoms with van der Waals surface area (Å²) < 4.78 is 0. The van der Waals surface area contributed by atoms with Gasteiger partial charge >= 0.3 is 0 Å². The van der Waals surface area contributed by atoms with Gasteiger partial charge in [0.2, 0.25) is 0 Å². The zero-order chi connectivity index (χ0) is 14.4. The van der Waals surface area contributed by atoms with Gasteiger partial charge in [-0.05, 0) is 49.1 Å². The van der Waals surface area contributed by atoms with Crippen LogP contribution in [0.4, 0.5) is 0 Å². The average Bonchev–Trinajstić information content (AvgIpc) is 2.88. The molecule has 1 aliphatic heterocycles. The molecular weight excluding hydrogens is 262 g/mol. The number of likely N-dealkylation sites (tertiary alicyclic amines) is 1. The van der Waals surface area contributed by atoms with Gasteiger partial charge in [0.1, 0.15) is 0 Å². The summed E-state index contributed by atoms with van der Waals surface area (Å²) in [6.45, 7) is 1.82. The molecule has 1 saturated carbocycles. The standard InChI is InChI=1S/C18H21NO2/c20-17-8-7-14-15(17)5-2-6-16(14)18(21)19-10-12-3-1-4-13(9-12)11-19/h2,5-6,12-13H,1,3-4,7-11H2/t12-,13-/m0/s1. The lowest BCUT2D eigenvalue weighted by Gasteiger charge is -2.41. The quantitative estimate of drug-likeness (QED) is 0.794. The normalized spacial score (nSPS) is 27.6. The fraction of sp³-hybridized carbons (Fsp3) is 0.556. The molecule has 1 heterocycles. The zero-order valence-corrected chi connectivity index (χ0v) is 12.3. The Morgan fingerprint density at radius 3 is 2.62 bits per heavy atom. The lowest BCUT2D eigenvalue weighted by molar-refractivity contribution is 0.0503. The third-order valence-electron chi connectivity index (χ3n) is 5.44. The number of carbonyl (C=O) groups is 2. The van der Waals surface area contributed by atoms with E-state index >= 15 is 0 Å². The Labute approximate surface area is 125 Å². The van der Waals surface area contributed by atoms with Crippen LogP contribution in [0.1, 0.15) is 58.4 Å². The highest BCUT2D eigenvalue weighted by atomic mass is 16.2. The van der Waals surface area contributed by atoms with Crippen LogP contribution in [0.3, 0.4) is 0 Å². The van der Waals surface area contributed by atoms with Gasteiger partial charge in [0.05, 0.1) is 0 Å². The molecule has 4 rings (SSSR count). The molecule has 0 unspecified atom stereocenters. The first kappa shape index (κ1) is 13.1. The van der Waals surface area contributed by atoms with Crippen LogP contribution >= 0.6 is 0 Å². The van der Waals surface area contributed by atoms with E-state index in [0.717, 1.165) is 36.2 Å². The zero-order valence-electron chi connectivity index (χ0n) is 12.3. The molecule has 2 aliphatic carbocycles. The van der Waals surface area contributed by atoms with E-state index in [0.29, 0.717) is 18.3 Å². The minimum Gasteiger partial charge on any atom is -0.338 e. The van der Waals surface area contributed by atoms with Crippen molar-refractivity contribution < 1.29 is 9.59 Å².